The van der Waals surface area contributed by atoms with Crippen molar-refractivity contribution < 1.29 is 18.0 Å². The molecule has 0 saturated heterocycles. The highest BCUT2D eigenvalue weighted by molar-refractivity contribution is 5.87. The SMILES string of the molecule is COc1ccc2nc(-c3nc(-c4nc5ccc(N(c6ccccc6)c6ccccc6)cc5o4)cc(-c4nc5ccc(N(c6ccccc6)c6ccccc6)cc5o4)n3)oc2c1. The molecule has 0 fully saturated rings. The van der Waals surface area contributed by atoms with E-state index in [1.807, 2.05) is 121 Å². The Balaban J connectivity index is 1.03. The molecule has 11 nitrogen and oxygen atoms in total. The first kappa shape index (κ1) is 35.6. The molecule has 7 aromatic carbocycles. The number of anilines is 6. The molecule has 0 saturated carbocycles. The number of fused-ring (bicyclic) bond motifs is 3. The Labute approximate surface area is 348 Å². The van der Waals surface area contributed by atoms with Crippen LogP contribution < -0.4 is 14.5 Å². The summed E-state index contributed by atoms with van der Waals surface area (Å²) in [6.45, 7) is 0. The van der Waals surface area contributed by atoms with Gasteiger partial charge in [0, 0.05) is 58.4 Å². The van der Waals surface area contributed by atoms with E-state index in [1.165, 1.54) is 0 Å². The minimum absolute atomic E-state index is 0.200. The van der Waals surface area contributed by atoms with Crippen LogP contribution in [-0.4, -0.2) is 32.0 Å². The predicted molar refractivity (Wildman–Crippen MR) is 237 cm³/mol. The highest BCUT2D eigenvalue weighted by atomic mass is 16.5. The van der Waals surface area contributed by atoms with Gasteiger partial charge >= 0.3 is 0 Å². The van der Waals surface area contributed by atoms with Crippen LogP contribution in [0, 0.1) is 0 Å². The maximum atomic E-state index is 6.52. The van der Waals surface area contributed by atoms with Crippen LogP contribution in [0.4, 0.5) is 34.1 Å². The van der Waals surface area contributed by atoms with Gasteiger partial charge in [-0.2, -0.15) is 0 Å². The van der Waals surface area contributed by atoms with Crippen LogP contribution in [0.3, 0.4) is 0 Å². The standard InChI is InChI=1S/C50H33N7O4/c1-58-38-24-27-41-46(30-38)61-50(55-41)47-51-42(48-53-39-25-22-36(28-44(39)59-48)56(32-14-6-2-7-15-32)33-16-8-3-9-17-33)31-43(52-47)49-54-40-26-23-37(29-45(40)60-49)57(34-18-10-4-11-19-34)35-20-12-5-13-21-35/h2-31H,1H3. The molecule has 11 aromatic rings. The fourth-order valence-electron chi connectivity index (χ4n) is 7.42. The molecule has 0 amide bonds. The number of rotatable bonds is 10. The minimum Gasteiger partial charge on any atom is -0.497 e. The summed E-state index contributed by atoms with van der Waals surface area (Å²) in [6.07, 6.45) is 0. The zero-order valence-corrected chi connectivity index (χ0v) is 32.6. The molecule has 4 aromatic heterocycles. The Morgan fingerprint density at radius 3 is 1.16 bits per heavy atom. The van der Waals surface area contributed by atoms with Crippen molar-refractivity contribution in [2.24, 2.45) is 0 Å². The molecule has 0 aliphatic rings. The first-order valence-corrected chi connectivity index (χ1v) is 19.6. The van der Waals surface area contributed by atoms with Crippen molar-refractivity contribution >= 4 is 67.4 Å². The maximum absolute atomic E-state index is 6.52. The minimum atomic E-state index is 0.200. The maximum Gasteiger partial charge on any atom is 0.266 e. The van der Waals surface area contributed by atoms with E-state index < -0.39 is 0 Å². The summed E-state index contributed by atoms with van der Waals surface area (Å²) in [5.74, 6) is 1.60. The smallest absolute Gasteiger partial charge is 0.266 e. The fraction of sp³-hybridized carbons (Fsp3) is 0.0200. The summed E-state index contributed by atoms with van der Waals surface area (Å²) in [7, 11) is 1.60. The third kappa shape index (κ3) is 6.75. The van der Waals surface area contributed by atoms with E-state index in [-0.39, 0.29) is 23.5 Å². The predicted octanol–water partition coefficient (Wildman–Crippen LogP) is 12.8. The lowest BCUT2D eigenvalue weighted by Crippen LogP contribution is -2.09. The third-order valence-corrected chi connectivity index (χ3v) is 10.3. The Bertz CT molecular complexity index is 3060. The first-order chi connectivity index (χ1) is 30.1. The van der Waals surface area contributed by atoms with Crippen molar-refractivity contribution in [2.45, 2.75) is 0 Å². The van der Waals surface area contributed by atoms with E-state index in [2.05, 4.69) is 58.3 Å². The molecule has 292 valence electrons. The van der Waals surface area contributed by atoms with E-state index in [4.69, 9.17) is 42.9 Å². The van der Waals surface area contributed by atoms with Gasteiger partial charge in [-0.25, -0.2) is 24.9 Å². The van der Waals surface area contributed by atoms with Gasteiger partial charge in [-0.05, 0) is 84.9 Å². The average molecular weight is 796 g/mol. The van der Waals surface area contributed by atoms with Crippen LogP contribution in [0.2, 0.25) is 0 Å². The normalized spacial score (nSPS) is 11.4. The van der Waals surface area contributed by atoms with Crippen LogP contribution in [-0.2, 0) is 0 Å². The lowest BCUT2D eigenvalue weighted by Gasteiger charge is -2.25. The van der Waals surface area contributed by atoms with Gasteiger partial charge in [0.2, 0.25) is 17.6 Å². The molecule has 0 atom stereocenters. The largest absolute Gasteiger partial charge is 0.497 e. The molecular formula is C50H33N7O4. The van der Waals surface area contributed by atoms with Crippen LogP contribution in [0.5, 0.6) is 5.75 Å². The molecular weight excluding hydrogens is 763 g/mol. The number of para-hydroxylation sites is 4. The summed E-state index contributed by atoms with van der Waals surface area (Å²) in [5.41, 5.74) is 10.2. The summed E-state index contributed by atoms with van der Waals surface area (Å²) in [6, 6.07) is 59.9. The fourth-order valence-corrected chi connectivity index (χ4v) is 7.42. The van der Waals surface area contributed by atoms with Gasteiger partial charge in [0.25, 0.3) is 5.89 Å². The van der Waals surface area contributed by atoms with Gasteiger partial charge in [0.05, 0.1) is 7.11 Å². The number of hydrogen-bond donors (Lipinski definition) is 0. The molecule has 11 rings (SSSR count). The molecule has 0 bridgehead atoms. The Kier molecular flexibility index (Phi) is 8.74. The molecule has 11 heteroatoms. The monoisotopic (exact) mass is 795 g/mol. The number of aromatic nitrogens is 5. The van der Waals surface area contributed by atoms with E-state index in [0.29, 0.717) is 50.4 Å². The number of oxazole rings is 3. The highest BCUT2D eigenvalue weighted by Gasteiger charge is 2.23. The van der Waals surface area contributed by atoms with Crippen LogP contribution in [0.1, 0.15) is 0 Å². The topological polar surface area (TPSA) is 120 Å². The van der Waals surface area contributed by atoms with Gasteiger partial charge in [-0.15, -0.1) is 0 Å². The molecule has 0 aliphatic heterocycles. The molecule has 61 heavy (non-hydrogen) atoms. The summed E-state index contributed by atoms with van der Waals surface area (Å²) in [4.78, 5) is 28.7. The van der Waals surface area contributed by atoms with Crippen LogP contribution in [0.15, 0.2) is 195 Å². The van der Waals surface area contributed by atoms with Crippen molar-refractivity contribution in [3.63, 3.8) is 0 Å². The van der Waals surface area contributed by atoms with Crippen molar-refractivity contribution in [3.8, 4) is 40.6 Å². The van der Waals surface area contributed by atoms with Crippen LogP contribution >= 0.6 is 0 Å². The van der Waals surface area contributed by atoms with Crippen molar-refractivity contribution in [1.29, 1.82) is 0 Å². The highest BCUT2D eigenvalue weighted by Crippen LogP contribution is 2.39. The van der Waals surface area contributed by atoms with E-state index in [0.717, 1.165) is 34.1 Å². The van der Waals surface area contributed by atoms with Gasteiger partial charge in [-0.1, -0.05) is 72.8 Å². The van der Waals surface area contributed by atoms with Crippen molar-refractivity contribution in [1.82, 2.24) is 24.9 Å². The second-order valence-electron chi connectivity index (χ2n) is 14.2. The number of benzene rings is 7. The van der Waals surface area contributed by atoms with Gasteiger partial charge < -0.3 is 27.8 Å². The summed E-state index contributed by atoms with van der Waals surface area (Å²) < 4.78 is 24.7. The van der Waals surface area contributed by atoms with Crippen molar-refractivity contribution in [3.05, 3.63) is 182 Å². The number of hydrogen-bond acceptors (Lipinski definition) is 11. The quantitative estimate of drug-likeness (QED) is 0.131. The number of ether oxygens (including phenoxy) is 1. The molecule has 0 N–H and O–H groups in total. The number of nitrogens with zero attached hydrogens (tertiary/aromatic N) is 7. The van der Waals surface area contributed by atoms with Gasteiger partial charge in [0.15, 0.2) is 16.7 Å². The Hall–Kier alpha value is -8.57. The zero-order valence-electron chi connectivity index (χ0n) is 32.6. The zero-order chi connectivity index (χ0) is 40.7. The second-order valence-corrected chi connectivity index (χ2v) is 14.2. The van der Waals surface area contributed by atoms with Crippen molar-refractivity contribution in [2.75, 3.05) is 16.9 Å². The Morgan fingerprint density at radius 1 is 0.361 bits per heavy atom. The molecule has 0 aliphatic carbocycles. The molecule has 4 heterocycles. The molecule has 0 radical (unpaired) electrons. The van der Waals surface area contributed by atoms with Gasteiger partial charge in [-0.3, -0.25) is 0 Å². The average Bonchev–Trinajstić information content (AvgIpc) is 4.07. The summed E-state index contributed by atoms with van der Waals surface area (Å²) >= 11 is 0. The Morgan fingerprint density at radius 2 is 0.738 bits per heavy atom. The summed E-state index contributed by atoms with van der Waals surface area (Å²) in [5, 5.41) is 0. The lowest BCUT2D eigenvalue weighted by molar-refractivity contribution is 0.414. The lowest BCUT2D eigenvalue weighted by atomic mass is 10.2. The molecule has 0 unspecified atom stereocenters. The van der Waals surface area contributed by atoms with E-state index in [9.17, 15) is 0 Å². The van der Waals surface area contributed by atoms with Crippen LogP contribution in [0.25, 0.3) is 68.2 Å². The number of methoxy groups -OCH3 is 1. The first-order valence-electron chi connectivity index (χ1n) is 19.6. The second kappa shape index (κ2) is 15.0. The van der Waals surface area contributed by atoms with E-state index in [1.54, 1.807) is 19.2 Å². The van der Waals surface area contributed by atoms with Gasteiger partial charge in [0.1, 0.15) is 33.7 Å². The molecule has 0 spiro atoms. The third-order valence-electron chi connectivity index (χ3n) is 10.3. The van der Waals surface area contributed by atoms with E-state index >= 15 is 0 Å².